The van der Waals surface area contributed by atoms with E-state index in [9.17, 15) is 4.79 Å². The first-order valence-electron chi connectivity index (χ1n) is 5.94. The number of halogens is 1. The third-order valence-electron chi connectivity index (χ3n) is 2.31. The number of rotatable bonds is 3. The second-order valence-electron chi connectivity index (χ2n) is 5.41. The predicted molar refractivity (Wildman–Crippen MR) is 76.9 cm³/mol. The van der Waals surface area contributed by atoms with Gasteiger partial charge in [-0.05, 0) is 58.4 Å². The molecule has 0 saturated carbocycles. The van der Waals surface area contributed by atoms with Gasteiger partial charge in [-0.1, -0.05) is 15.9 Å². The summed E-state index contributed by atoms with van der Waals surface area (Å²) in [6.07, 6.45) is -0.509. The molecular formula is C14H20BrNO2. The van der Waals surface area contributed by atoms with E-state index < -0.39 is 6.10 Å². The Morgan fingerprint density at radius 2 is 2.00 bits per heavy atom. The Kier molecular flexibility index (Phi) is 4.79. The molecule has 1 unspecified atom stereocenters. The van der Waals surface area contributed by atoms with Crippen molar-refractivity contribution in [2.24, 2.45) is 0 Å². The molecule has 1 N–H and O–H groups in total. The highest BCUT2D eigenvalue weighted by molar-refractivity contribution is 9.10. The van der Waals surface area contributed by atoms with Crippen LogP contribution < -0.4 is 10.1 Å². The SMILES string of the molecule is Cc1cc(OC(C)C(=O)NC(C)(C)C)ccc1Br. The fourth-order valence-electron chi connectivity index (χ4n) is 1.42. The molecule has 3 nitrogen and oxygen atoms in total. The van der Waals surface area contributed by atoms with E-state index in [0.717, 1.165) is 10.0 Å². The summed E-state index contributed by atoms with van der Waals surface area (Å²) in [6, 6.07) is 5.67. The number of hydrogen-bond donors (Lipinski definition) is 1. The van der Waals surface area contributed by atoms with Crippen LogP contribution in [0, 0.1) is 6.92 Å². The van der Waals surface area contributed by atoms with E-state index in [0.29, 0.717) is 5.75 Å². The summed E-state index contributed by atoms with van der Waals surface area (Å²) in [5, 5.41) is 2.89. The Balaban J connectivity index is 2.66. The normalized spacial score (nSPS) is 13.0. The van der Waals surface area contributed by atoms with Crippen LogP contribution in [0.15, 0.2) is 22.7 Å². The highest BCUT2D eigenvalue weighted by Crippen LogP contribution is 2.22. The maximum atomic E-state index is 11.9. The van der Waals surface area contributed by atoms with Crippen LogP contribution in [0.2, 0.25) is 0 Å². The number of benzene rings is 1. The van der Waals surface area contributed by atoms with Gasteiger partial charge in [-0.3, -0.25) is 4.79 Å². The lowest BCUT2D eigenvalue weighted by Gasteiger charge is -2.23. The molecule has 100 valence electrons. The number of carbonyl (C=O) groups excluding carboxylic acids is 1. The Morgan fingerprint density at radius 3 is 2.50 bits per heavy atom. The third kappa shape index (κ3) is 4.69. The zero-order chi connectivity index (χ0) is 13.9. The largest absolute Gasteiger partial charge is 0.481 e. The standard InChI is InChI=1S/C14H20BrNO2/c1-9-8-11(6-7-12(9)15)18-10(2)13(17)16-14(3,4)5/h6-8,10H,1-5H3,(H,16,17). The molecule has 1 rings (SSSR count). The summed E-state index contributed by atoms with van der Waals surface area (Å²) in [5.41, 5.74) is 0.834. The van der Waals surface area contributed by atoms with Crippen LogP contribution in [0.3, 0.4) is 0 Å². The van der Waals surface area contributed by atoms with Gasteiger partial charge in [0.1, 0.15) is 5.75 Å². The van der Waals surface area contributed by atoms with Crippen molar-refractivity contribution >= 4 is 21.8 Å². The van der Waals surface area contributed by atoms with Gasteiger partial charge >= 0.3 is 0 Å². The molecule has 0 bridgehead atoms. The van der Waals surface area contributed by atoms with Crippen molar-refractivity contribution in [1.29, 1.82) is 0 Å². The van der Waals surface area contributed by atoms with Crippen molar-refractivity contribution in [3.05, 3.63) is 28.2 Å². The van der Waals surface area contributed by atoms with Gasteiger partial charge < -0.3 is 10.1 Å². The third-order valence-corrected chi connectivity index (χ3v) is 3.20. The maximum Gasteiger partial charge on any atom is 0.261 e. The van der Waals surface area contributed by atoms with E-state index >= 15 is 0 Å². The molecular weight excluding hydrogens is 294 g/mol. The first-order valence-corrected chi connectivity index (χ1v) is 6.73. The van der Waals surface area contributed by atoms with Gasteiger partial charge in [0.25, 0.3) is 5.91 Å². The summed E-state index contributed by atoms with van der Waals surface area (Å²) in [5.74, 6) is 0.593. The number of amides is 1. The number of aryl methyl sites for hydroxylation is 1. The average Bonchev–Trinajstić information content (AvgIpc) is 2.21. The van der Waals surface area contributed by atoms with Crippen LogP contribution in [0.5, 0.6) is 5.75 Å². The molecule has 1 amide bonds. The molecule has 0 aromatic heterocycles. The molecule has 0 fully saturated rings. The zero-order valence-electron chi connectivity index (χ0n) is 11.5. The summed E-state index contributed by atoms with van der Waals surface area (Å²) in [7, 11) is 0. The minimum absolute atomic E-state index is 0.108. The van der Waals surface area contributed by atoms with Crippen molar-refractivity contribution in [2.75, 3.05) is 0 Å². The molecule has 0 spiro atoms. The molecule has 1 aromatic rings. The van der Waals surface area contributed by atoms with Crippen LogP contribution in [0.4, 0.5) is 0 Å². The van der Waals surface area contributed by atoms with Gasteiger partial charge in [0, 0.05) is 10.0 Å². The smallest absolute Gasteiger partial charge is 0.261 e. The van der Waals surface area contributed by atoms with Crippen molar-refractivity contribution in [3.8, 4) is 5.75 Å². The second-order valence-corrected chi connectivity index (χ2v) is 6.26. The molecule has 4 heteroatoms. The minimum atomic E-state index is -0.509. The summed E-state index contributed by atoms with van der Waals surface area (Å²) in [6.45, 7) is 9.57. The number of carbonyl (C=O) groups is 1. The van der Waals surface area contributed by atoms with Gasteiger partial charge in [0.2, 0.25) is 0 Å². The highest BCUT2D eigenvalue weighted by Gasteiger charge is 2.20. The monoisotopic (exact) mass is 313 g/mol. The molecule has 0 radical (unpaired) electrons. The van der Waals surface area contributed by atoms with Crippen LogP contribution in [-0.4, -0.2) is 17.6 Å². The van der Waals surface area contributed by atoms with Gasteiger partial charge in [0.05, 0.1) is 0 Å². The molecule has 1 aromatic carbocycles. The lowest BCUT2D eigenvalue weighted by atomic mass is 10.1. The molecule has 0 saturated heterocycles. The van der Waals surface area contributed by atoms with E-state index in [2.05, 4.69) is 21.2 Å². The predicted octanol–water partition coefficient (Wildman–Crippen LogP) is 3.44. The lowest BCUT2D eigenvalue weighted by molar-refractivity contribution is -0.128. The van der Waals surface area contributed by atoms with Gasteiger partial charge in [-0.2, -0.15) is 0 Å². The lowest BCUT2D eigenvalue weighted by Crippen LogP contribution is -2.46. The fraction of sp³-hybridized carbons (Fsp3) is 0.500. The van der Waals surface area contributed by atoms with Crippen LogP contribution in [-0.2, 0) is 4.79 Å². The summed E-state index contributed by atoms with van der Waals surface area (Å²) < 4.78 is 6.65. The van der Waals surface area contributed by atoms with Crippen molar-refractivity contribution in [1.82, 2.24) is 5.32 Å². The van der Waals surface area contributed by atoms with Crippen molar-refractivity contribution < 1.29 is 9.53 Å². The number of nitrogens with one attached hydrogen (secondary N) is 1. The second kappa shape index (κ2) is 5.74. The topological polar surface area (TPSA) is 38.3 Å². The number of ether oxygens (including phenoxy) is 1. The highest BCUT2D eigenvalue weighted by atomic mass is 79.9. The van der Waals surface area contributed by atoms with Crippen LogP contribution in [0.25, 0.3) is 0 Å². The van der Waals surface area contributed by atoms with E-state index in [1.807, 2.05) is 45.9 Å². The molecule has 0 aliphatic carbocycles. The average molecular weight is 314 g/mol. The Bertz CT molecular complexity index is 438. The summed E-state index contributed by atoms with van der Waals surface area (Å²) in [4.78, 5) is 11.9. The van der Waals surface area contributed by atoms with Gasteiger partial charge in [-0.15, -0.1) is 0 Å². The van der Waals surface area contributed by atoms with Crippen molar-refractivity contribution in [3.63, 3.8) is 0 Å². The van der Waals surface area contributed by atoms with E-state index in [4.69, 9.17) is 4.74 Å². The molecule has 1 atom stereocenters. The quantitative estimate of drug-likeness (QED) is 0.928. The Labute approximate surface area is 117 Å². The molecule has 0 aliphatic heterocycles. The molecule has 0 aliphatic rings. The first-order chi connectivity index (χ1) is 8.19. The molecule has 18 heavy (non-hydrogen) atoms. The fourth-order valence-corrected chi connectivity index (χ4v) is 1.67. The Morgan fingerprint density at radius 1 is 1.39 bits per heavy atom. The first kappa shape index (κ1) is 15.0. The van der Waals surface area contributed by atoms with E-state index in [-0.39, 0.29) is 11.4 Å². The van der Waals surface area contributed by atoms with E-state index in [1.54, 1.807) is 6.92 Å². The van der Waals surface area contributed by atoms with E-state index in [1.165, 1.54) is 0 Å². The van der Waals surface area contributed by atoms with Crippen molar-refractivity contribution in [2.45, 2.75) is 46.3 Å². The number of hydrogen-bond acceptors (Lipinski definition) is 2. The van der Waals surface area contributed by atoms with Gasteiger partial charge in [-0.25, -0.2) is 0 Å². The van der Waals surface area contributed by atoms with Crippen LogP contribution in [0.1, 0.15) is 33.3 Å². The van der Waals surface area contributed by atoms with Gasteiger partial charge in [0.15, 0.2) is 6.10 Å². The Hall–Kier alpha value is -1.03. The molecule has 0 heterocycles. The van der Waals surface area contributed by atoms with Crippen LogP contribution >= 0.6 is 15.9 Å². The summed E-state index contributed by atoms with van der Waals surface area (Å²) >= 11 is 3.43. The zero-order valence-corrected chi connectivity index (χ0v) is 13.1. The minimum Gasteiger partial charge on any atom is -0.481 e. The maximum absolute atomic E-state index is 11.9.